The van der Waals surface area contributed by atoms with Gasteiger partial charge in [-0.1, -0.05) is 6.92 Å². The molecule has 1 fully saturated rings. The summed E-state index contributed by atoms with van der Waals surface area (Å²) in [7, 11) is 0. The molecule has 0 aliphatic carbocycles. The fraction of sp³-hybridized carbons (Fsp3) is 1.00. The number of hydrogen-bond acceptors (Lipinski definition) is 2. The number of halogens is 2. The van der Waals surface area contributed by atoms with Crippen molar-refractivity contribution >= 4 is 0 Å². The van der Waals surface area contributed by atoms with E-state index in [-0.39, 0.29) is 6.10 Å². The van der Waals surface area contributed by atoms with Crippen LogP contribution < -0.4 is 5.32 Å². The van der Waals surface area contributed by atoms with E-state index in [2.05, 4.69) is 5.32 Å². The lowest BCUT2D eigenvalue weighted by atomic mass is 9.97. The first-order valence-corrected chi connectivity index (χ1v) is 4.30. The zero-order chi connectivity index (χ0) is 8.97. The first kappa shape index (κ1) is 9.86. The normalized spacial score (nSPS) is 31.0. The van der Waals surface area contributed by atoms with E-state index in [9.17, 15) is 8.78 Å². The molecule has 0 aromatic heterocycles. The van der Waals surface area contributed by atoms with Crippen LogP contribution in [0.4, 0.5) is 8.78 Å². The lowest BCUT2D eigenvalue weighted by Gasteiger charge is -2.29. The third-order valence-electron chi connectivity index (χ3n) is 2.19. The summed E-state index contributed by atoms with van der Waals surface area (Å²) in [5, 5.41) is 3.12. The fourth-order valence-corrected chi connectivity index (χ4v) is 1.38. The molecule has 1 heterocycles. The summed E-state index contributed by atoms with van der Waals surface area (Å²) in [5.41, 5.74) is 0. The van der Waals surface area contributed by atoms with Crippen molar-refractivity contribution in [1.29, 1.82) is 0 Å². The van der Waals surface area contributed by atoms with E-state index >= 15 is 0 Å². The van der Waals surface area contributed by atoms with E-state index in [4.69, 9.17) is 4.74 Å². The Morgan fingerprint density at radius 1 is 1.58 bits per heavy atom. The van der Waals surface area contributed by atoms with Gasteiger partial charge in [0.1, 0.15) is 6.61 Å². The van der Waals surface area contributed by atoms with Gasteiger partial charge in [0.2, 0.25) is 0 Å². The summed E-state index contributed by atoms with van der Waals surface area (Å²) in [4.78, 5) is 0. The zero-order valence-corrected chi connectivity index (χ0v) is 7.22. The number of nitrogens with one attached hydrogen (secondary N) is 1. The molecule has 0 spiro atoms. The van der Waals surface area contributed by atoms with Crippen molar-refractivity contribution in [3.63, 3.8) is 0 Å². The van der Waals surface area contributed by atoms with Crippen molar-refractivity contribution in [2.45, 2.75) is 25.9 Å². The predicted octanol–water partition coefficient (Wildman–Crippen LogP) is 1.27. The maximum absolute atomic E-state index is 11.8. The minimum atomic E-state index is -2.35. The average molecular weight is 179 g/mol. The van der Waals surface area contributed by atoms with E-state index in [1.165, 1.54) is 0 Å². The molecule has 1 aliphatic heterocycles. The Labute approximate surface area is 71.3 Å². The van der Waals surface area contributed by atoms with E-state index < -0.39 is 13.0 Å². The third-order valence-corrected chi connectivity index (χ3v) is 2.19. The van der Waals surface area contributed by atoms with E-state index in [0.717, 1.165) is 13.0 Å². The predicted molar refractivity (Wildman–Crippen MR) is 42.4 cm³/mol. The van der Waals surface area contributed by atoms with Gasteiger partial charge in [-0.25, -0.2) is 8.78 Å². The molecule has 1 aliphatic rings. The molecule has 0 aromatic rings. The summed E-state index contributed by atoms with van der Waals surface area (Å²) in [6.45, 7) is 3.28. The number of alkyl halides is 2. The van der Waals surface area contributed by atoms with Crippen molar-refractivity contribution in [2.75, 3.05) is 19.7 Å². The second-order valence-electron chi connectivity index (χ2n) is 3.23. The second kappa shape index (κ2) is 4.72. The van der Waals surface area contributed by atoms with Crippen LogP contribution >= 0.6 is 0 Å². The number of piperidine rings is 1. The molecule has 4 heteroatoms. The molecule has 72 valence electrons. The summed E-state index contributed by atoms with van der Waals surface area (Å²) < 4.78 is 28.6. The van der Waals surface area contributed by atoms with Gasteiger partial charge in [-0.2, -0.15) is 0 Å². The molecule has 2 atom stereocenters. The van der Waals surface area contributed by atoms with Crippen LogP contribution in [0.2, 0.25) is 0 Å². The van der Waals surface area contributed by atoms with E-state index in [1.807, 2.05) is 6.92 Å². The lowest BCUT2D eigenvalue weighted by molar-refractivity contribution is -0.0505. The van der Waals surface area contributed by atoms with Crippen molar-refractivity contribution in [3.05, 3.63) is 0 Å². The lowest BCUT2D eigenvalue weighted by Crippen LogP contribution is -2.41. The summed E-state index contributed by atoms with van der Waals surface area (Å²) >= 11 is 0. The maximum atomic E-state index is 11.8. The Bertz CT molecular complexity index is 132. The second-order valence-corrected chi connectivity index (χ2v) is 3.23. The maximum Gasteiger partial charge on any atom is 0.261 e. The smallest absolute Gasteiger partial charge is 0.261 e. The Morgan fingerprint density at radius 2 is 2.33 bits per heavy atom. The first-order valence-electron chi connectivity index (χ1n) is 4.30. The van der Waals surface area contributed by atoms with E-state index in [0.29, 0.717) is 12.5 Å². The van der Waals surface area contributed by atoms with Gasteiger partial charge in [-0.05, 0) is 18.9 Å². The Balaban J connectivity index is 2.20. The Hall–Kier alpha value is -0.220. The van der Waals surface area contributed by atoms with Crippen LogP contribution in [0.25, 0.3) is 0 Å². The highest BCUT2D eigenvalue weighted by Crippen LogP contribution is 2.15. The number of hydrogen-bond donors (Lipinski definition) is 1. The molecule has 12 heavy (non-hydrogen) atoms. The highest BCUT2D eigenvalue weighted by Gasteiger charge is 2.22. The molecule has 0 bridgehead atoms. The molecular weight excluding hydrogens is 164 g/mol. The monoisotopic (exact) mass is 179 g/mol. The highest BCUT2D eigenvalue weighted by atomic mass is 19.3. The van der Waals surface area contributed by atoms with Crippen LogP contribution in [-0.4, -0.2) is 32.2 Å². The minimum absolute atomic E-state index is 0.0345. The number of rotatable bonds is 3. The molecule has 2 unspecified atom stereocenters. The third kappa shape index (κ3) is 3.03. The number of ether oxygens (including phenoxy) is 1. The molecule has 0 amide bonds. The molecule has 0 radical (unpaired) electrons. The molecule has 2 nitrogen and oxygen atoms in total. The molecule has 1 N–H and O–H groups in total. The van der Waals surface area contributed by atoms with Crippen LogP contribution in [-0.2, 0) is 4.74 Å². The molecular formula is C8H15F2NO. The zero-order valence-electron chi connectivity index (χ0n) is 7.22. The summed E-state index contributed by atoms with van der Waals surface area (Å²) in [5.74, 6) is 0.394. The van der Waals surface area contributed by atoms with Crippen molar-refractivity contribution in [3.8, 4) is 0 Å². The van der Waals surface area contributed by atoms with Gasteiger partial charge in [-0.15, -0.1) is 0 Å². The SMILES string of the molecule is CC1CCNCC1OCC(F)F. The van der Waals surface area contributed by atoms with Crippen LogP contribution in [0.1, 0.15) is 13.3 Å². The van der Waals surface area contributed by atoms with E-state index in [1.54, 1.807) is 0 Å². The highest BCUT2D eigenvalue weighted by molar-refractivity contribution is 4.75. The van der Waals surface area contributed by atoms with Crippen molar-refractivity contribution in [2.24, 2.45) is 5.92 Å². The van der Waals surface area contributed by atoms with Crippen molar-refractivity contribution < 1.29 is 13.5 Å². The largest absolute Gasteiger partial charge is 0.371 e. The van der Waals surface area contributed by atoms with Crippen LogP contribution in [0, 0.1) is 5.92 Å². The van der Waals surface area contributed by atoms with Gasteiger partial charge in [0, 0.05) is 6.54 Å². The van der Waals surface area contributed by atoms with Gasteiger partial charge in [0.15, 0.2) is 0 Å². The molecule has 1 saturated heterocycles. The van der Waals surface area contributed by atoms with Crippen molar-refractivity contribution in [1.82, 2.24) is 5.32 Å². The fourth-order valence-electron chi connectivity index (χ4n) is 1.38. The molecule has 0 aromatic carbocycles. The Kier molecular flexibility index (Phi) is 3.88. The summed E-state index contributed by atoms with van der Waals surface area (Å²) in [6, 6.07) is 0. The van der Waals surface area contributed by atoms with Crippen LogP contribution in [0.15, 0.2) is 0 Å². The standard InChI is InChI=1S/C8H15F2NO/c1-6-2-3-11-4-7(6)12-5-8(9)10/h6-8,11H,2-5H2,1H3. The van der Waals surface area contributed by atoms with Gasteiger partial charge in [-0.3, -0.25) is 0 Å². The molecule has 1 rings (SSSR count). The minimum Gasteiger partial charge on any atom is -0.371 e. The van der Waals surface area contributed by atoms with Crippen LogP contribution in [0.3, 0.4) is 0 Å². The van der Waals surface area contributed by atoms with Gasteiger partial charge >= 0.3 is 0 Å². The van der Waals surface area contributed by atoms with Gasteiger partial charge in [0.25, 0.3) is 6.43 Å². The Morgan fingerprint density at radius 3 is 2.92 bits per heavy atom. The average Bonchev–Trinajstić information content (AvgIpc) is 2.03. The quantitative estimate of drug-likeness (QED) is 0.704. The van der Waals surface area contributed by atoms with Gasteiger partial charge < -0.3 is 10.1 Å². The topological polar surface area (TPSA) is 21.3 Å². The van der Waals surface area contributed by atoms with Gasteiger partial charge in [0.05, 0.1) is 6.10 Å². The summed E-state index contributed by atoms with van der Waals surface area (Å²) in [6.07, 6.45) is -1.37. The first-order chi connectivity index (χ1) is 5.70. The van der Waals surface area contributed by atoms with Crippen LogP contribution in [0.5, 0.6) is 0 Å². The molecule has 0 saturated carbocycles.